The van der Waals surface area contributed by atoms with E-state index in [0.29, 0.717) is 11.7 Å². The van der Waals surface area contributed by atoms with Crippen LogP contribution in [-0.4, -0.2) is 15.1 Å². The summed E-state index contributed by atoms with van der Waals surface area (Å²) in [6, 6.07) is 4.62. The van der Waals surface area contributed by atoms with Gasteiger partial charge in [0.25, 0.3) is 0 Å². The number of aromatic amines is 1. The summed E-state index contributed by atoms with van der Waals surface area (Å²) in [4.78, 5) is 7.33. The lowest BCUT2D eigenvalue weighted by atomic mass is 10.1. The molecule has 0 aliphatic carbocycles. The van der Waals surface area contributed by atoms with Crippen molar-refractivity contribution in [2.45, 2.75) is 13.8 Å². The van der Waals surface area contributed by atoms with Gasteiger partial charge in [-0.3, -0.25) is 0 Å². The molecule has 0 fully saturated rings. The average molecular weight is 231 g/mol. The van der Waals surface area contributed by atoms with Gasteiger partial charge in [0.05, 0.1) is 5.69 Å². The third kappa shape index (κ3) is 1.51. The maximum Gasteiger partial charge on any atom is 0.223 e. The van der Waals surface area contributed by atoms with E-state index in [1.807, 2.05) is 6.92 Å². The molecule has 86 valence electrons. The predicted octanol–water partition coefficient (Wildman–Crippen LogP) is 2.97. The van der Waals surface area contributed by atoms with E-state index in [9.17, 15) is 4.39 Å². The highest BCUT2D eigenvalue weighted by Gasteiger charge is 2.14. The van der Waals surface area contributed by atoms with Crippen molar-refractivity contribution < 1.29 is 8.91 Å². The van der Waals surface area contributed by atoms with E-state index in [2.05, 4.69) is 15.1 Å². The lowest BCUT2D eigenvalue weighted by molar-refractivity contribution is 0.394. The second-order valence-electron chi connectivity index (χ2n) is 3.95. The van der Waals surface area contributed by atoms with Crippen LogP contribution in [0.1, 0.15) is 11.5 Å². The van der Waals surface area contributed by atoms with Crippen molar-refractivity contribution in [3.05, 3.63) is 35.5 Å². The fourth-order valence-corrected chi connectivity index (χ4v) is 1.92. The first-order valence-corrected chi connectivity index (χ1v) is 5.23. The Hall–Kier alpha value is -2.17. The Morgan fingerprint density at radius 1 is 1.29 bits per heavy atom. The second kappa shape index (κ2) is 3.41. The number of hydrogen-bond acceptors (Lipinski definition) is 3. The van der Waals surface area contributed by atoms with Crippen molar-refractivity contribution in [1.29, 1.82) is 0 Å². The number of H-pyrrole nitrogens is 1. The summed E-state index contributed by atoms with van der Waals surface area (Å²) < 4.78 is 18.1. The van der Waals surface area contributed by atoms with Gasteiger partial charge in [0.1, 0.15) is 5.82 Å². The lowest BCUT2D eigenvalue weighted by Crippen LogP contribution is -1.83. The number of aryl methyl sites for hydroxylation is 2. The summed E-state index contributed by atoms with van der Waals surface area (Å²) in [7, 11) is 0. The zero-order valence-corrected chi connectivity index (χ0v) is 9.41. The van der Waals surface area contributed by atoms with Gasteiger partial charge in [0.15, 0.2) is 0 Å². The van der Waals surface area contributed by atoms with E-state index in [4.69, 9.17) is 4.52 Å². The van der Waals surface area contributed by atoms with Gasteiger partial charge in [-0.2, -0.15) is 4.98 Å². The Morgan fingerprint density at radius 2 is 2.12 bits per heavy atom. The first kappa shape index (κ1) is 10.0. The lowest BCUT2D eigenvalue weighted by Gasteiger charge is -1.92. The molecule has 0 saturated carbocycles. The van der Waals surface area contributed by atoms with E-state index < -0.39 is 0 Å². The maximum atomic E-state index is 13.2. The van der Waals surface area contributed by atoms with Crippen molar-refractivity contribution in [2.24, 2.45) is 0 Å². The van der Waals surface area contributed by atoms with Gasteiger partial charge in [0, 0.05) is 17.8 Å². The summed E-state index contributed by atoms with van der Waals surface area (Å²) in [6.45, 7) is 3.63. The molecule has 0 amide bonds. The molecule has 0 aliphatic heterocycles. The fourth-order valence-electron chi connectivity index (χ4n) is 1.92. The van der Waals surface area contributed by atoms with Gasteiger partial charge >= 0.3 is 0 Å². The molecule has 0 saturated heterocycles. The van der Waals surface area contributed by atoms with Crippen LogP contribution in [0.25, 0.3) is 22.4 Å². The van der Waals surface area contributed by atoms with Gasteiger partial charge in [-0.1, -0.05) is 5.16 Å². The standard InChI is InChI=1S/C12H10FN3O/c1-6-9-5-8(13)3-4-10(9)15-11(6)12-14-7(2)17-16-12/h3-5,15H,1-2H3. The Balaban J connectivity index is 2.27. The molecule has 2 heterocycles. The van der Waals surface area contributed by atoms with Gasteiger partial charge in [0.2, 0.25) is 11.7 Å². The molecule has 0 aliphatic rings. The molecule has 17 heavy (non-hydrogen) atoms. The molecule has 0 radical (unpaired) electrons. The molecule has 0 atom stereocenters. The number of nitrogens with one attached hydrogen (secondary N) is 1. The summed E-state index contributed by atoms with van der Waals surface area (Å²) in [5.74, 6) is 0.747. The van der Waals surface area contributed by atoms with Crippen LogP contribution in [0.15, 0.2) is 22.7 Å². The predicted molar refractivity (Wildman–Crippen MR) is 61.0 cm³/mol. The maximum absolute atomic E-state index is 13.2. The number of hydrogen-bond donors (Lipinski definition) is 1. The topological polar surface area (TPSA) is 54.7 Å². The molecule has 2 aromatic heterocycles. The van der Waals surface area contributed by atoms with E-state index in [1.165, 1.54) is 12.1 Å². The minimum atomic E-state index is -0.254. The molecule has 4 nitrogen and oxygen atoms in total. The molecule has 1 aromatic carbocycles. The van der Waals surface area contributed by atoms with Gasteiger partial charge in [-0.05, 0) is 30.7 Å². The minimum absolute atomic E-state index is 0.254. The number of benzene rings is 1. The van der Waals surface area contributed by atoms with Crippen LogP contribution < -0.4 is 0 Å². The highest BCUT2D eigenvalue weighted by atomic mass is 19.1. The number of aromatic nitrogens is 3. The van der Waals surface area contributed by atoms with Crippen LogP contribution in [0.5, 0.6) is 0 Å². The van der Waals surface area contributed by atoms with E-state index >= 15 is 0 Å². The second-order valence-corrected chi connectivity index (χ2v) is 3.95. The van der Waals surface area contributed by atoms with Gasteiger partial charge < -0.3 is 9.51 Å². The fraction of sp³-hybridized carbons (Fsp3) is 0.167. The molecule has 0 spiro atoms. The quantitative estimate of drug-likeness (QED) is 0.700. The third-order valence-corrected chi connectivity index (χ3v) is 2.77. The number of fused-ring (bicyclic) bond motifs is 1. The number of nitrogens with zero attached hydrogens (tertiary/aromatic N) is 2. The van der Waals surface area contributed by atoms with E-state index in [1.54, 1.807) is 13.0 Å². The van der Waals surface area contributed by atoms with Crippen LogP contribution in [0.3, 0.4) is 0 Å². The van der Waals surface area contributed by atoms with Crippen molar-refractivity contribution >= 4 is 10.9 Å². The molecular formula is C12H10FN3O. The van der Waals surface area contributed by atoms with Crippen LogP contribution in [0.2, 0.25) is 0 Å². The van der Waals surface area contributed by atoms with E-state index in [0.717, 1.165) is 22.2 Å². The van der Waals surface area contributed by atoms with Crippen molar-refractivity contribution in [3.63, 3.8) is 0 Å². The highest BCUT2D eigenvalue weighted by molar-refractivity contribution is 5.89. The smallest absolute Gasteiger partial charge is 0.223 e. The van der Waals surface area contributed by atoms with Crippen LogP contribution in [-0.2, 0) is 0 Å². The number of rotatable bonds is 1. The Kier molecular flexibility index (Phi) is 2.01. The molecule has 0 unspecified atom stereocenters. The zero-order chi connectivity index (χ0) is 12.0. The minimum Gasteiger partial charge on any atom is -0.352 e. The zero-order valence-electron chi connectivity index (χ0n) is 9.41. The SMILES string of the molecule is Cc1nc(-c2[nH]c3ccc(F)cc3c2C)no1. The summed E-state index contributed by atoms with van der Waals surface area (Å²) in [6.07, 6.45) is 0. The largest absolute Gasteiger partial charge is 0.352 e. The summed E-state index contributed by atoms with van der Waals surface area (Å²) >= 11 is 0. The van der Waals surface area contributed by atoms with Crippen LogP contribution >= 0.6 is 0 Å². The van der Waals surface area contributed by atoms with Crippen molar-refractivity contribution in [2.75, 3.05) is 0 Å². The molecule has 5 heteroatoms. The third-order valence-electron chi connectivity index (χ3n) is 2.77. The van der Waals surface area contributed by atoms with Crippen molar-refractivity contribution in [3.8, 4) is 11.5 Å². The molecule has 3 rings (SSSR count). The Morgan fingerprint density at radius 3 is 2.82 bits per heavy atom. The van der Waals surface area contributed by atoms with Crippen LogP contribution in [0, 0.1) is 19.7 Å². The molecular weight excluding hydrogens is 221 g/mol. The van der Waals surface area contributed by atoms with Crippen molar-refractivity contribution in [1.82, 2.24) is 15.1 Å². The van der Waals surface area contributed by atoms with Crippen LogP contribution in [0.4, 0.5) is 4.39 Å². The average Bonchev–Trinajstić information content (AvgIpc) is 2.84. The monoisotopic (exact) mass is 231 g/mol. The first-order valence-electron chi connectivity index (χ1n) is 5.23. The van der Waals surface area contributed by atoms with Gasteiger partial charge in [-0.15, -0.1) is 0 Å². The summed E-state index contributed by atoms with van der Waals surface area (Å²) in [5, 5.41) is 4.69. The Labute approximate surface area is 96.5 Å². The Bertz CT molecular complexity index is 699. The number of halogens is 1. The van der Waals surface area contributed by atoms with Gasteiger partial charge in [-0.25, -0.2) is 4.39 Å². The van der Waals surface area contributed by atoms with E-state index in [-0.39, 0.29) is 5.82 Å². The molecule has 3 aromatic rings. The molecule has 0 bridgehead atoms. The normalized spacial score (nSPS) is 11.2. The summed E-state index contributed by atoms with van der Waals surface area (Å²) in [5.41, 5.74) is 2.55. The first-order chi connectivity index (χ1) is 8.15. The molecule has 1 N–H and O–H groups in total. The highest BCUT2D eigenvalue weighted by Crippen LogP contribution is 2.28.